The van der Waals surface area contributed by atoms with Crippen LogP contribution in [0.3, 0.4) is 0 Å². The van der Waals surface area contributed by atoms with Gasteiger partial charge in [-0.05, 0) is 38.9 Å². The van der Waals surface area contributed by atoms with Gasteiger partial charge in [-0.15, -0.1) is 24.0 Å². The number of nitrogens with one attached hydrogen (secondary N) is 2. The fraction of sp³-hybridized carbons (Fsp3) is 0.611. The van der Waals surface area contributed by atoms with E-state index in [1.165, 1.54) is 11.1 Å². The van der Waals surface area contributed by atoms with Crippen LogP contribution in [0.5, 0.6) is 0 Å². The van der Waals surface area contributed by atoms with E-state index in [0.29, 0.717) is 12.6 Å². The molecule has 0 bridgehead atoms. The molecule has 5 nitrogen and oxygen atoms in total. The first-order valence-electron chi connectivity index (χ1n) is 8.21. The predicted molar refractivity (Wildman–Crippen MR) is 113 cm³/mol. The van der Waals surface area contributed by atoms with Gasteiger partial charge in [0.05, 0.1) is 6.61 Å². The maximum atomic E-state index is 5.15. The van der Waals surface area contributed by atoms with Crippen LogP contribution in [-0.2, 0) is 17.8 Å². The molecular weight excluding hydrogens is 415 g/mol. The smallest absolute Gasteiger partial charge is 0.191 e. The second kappa shape index (κ2) is 12.5. The summed E-state index contributed by atoms with van der Waals surface area (Å²) in [6.07, 6.45) is 0. The second-order valence-electron chi connectivity index (χ2n) is 6.20. The lowest BCUT2D eigenvalue weighted by molar-refractivity contribution is 0.179. The van der Waals surface area contributed by atoms with Crippen molar-refractivity contribution in [3.05, 3.63) is 35.4 Å². The van der Waals surface area contributed by atoms with Gasteiger partial charge in [-0.3, -0.25) is 9.89 Å². The van der Waals surface area contributed by atoms with Crippen LogP contribution in [0.1, 0.15) is 31.9 Å². The topological polar surface area (TPSA) is 48.9 Å². The van der Waals surface area contributed by atoms with Crippen molar-refractivity contribution in [2.24, 2.45) is 4.99 Å². The molecule has 1 atom stereocenters. The van der Waals surface area contributed by atoms with Gasteiger partial charge in [-0.25, -0.2) is 0 Å². The van der Waals surface area contributed by atoms with Crippen molar-refractivity contribution < 1.29 is 4.74 Å². The van der Waals surface area contributed by atoms with E-state index >= 15 is 0 Å². The first-order chi connectivity index (χ1) is 11.0. The lowest BCUT2D eigenvalue weighted by Crippen LogP contribution is -2.43. The molecule has 0 amide bonds. The van der Waals surface area contributed by atoms with Gasteiger partial charge >= 0.3 is 0 Å². The number of hydrogen-bond donors (Lipinski definition) is 2. The lowest BCUT2D eigenvalue weighted by atomic mass is 10.1. The summed E-state index contributed by atoms with van der Waals surface area (Å²) in [7, 11) is 5.64. The minimum atomic E-state index is 0. The number of rotatable bonds is 8. The molecule has 2 N–H and O–H groups in total. The molecule has 0 fully saturated rings. The van der Waals surface area contributed by atoms with E-state index in [2.05, 4.69) is 72.6 Å². The monoisotopic (exact) mass is 448 g/mol. The molecule has 0 saturated heterocycles. The van der Waals surface area contributed by atoms with Crippen molar-refractivity contribution in [1.82, 2.24) is 15.5 Å². The minimum Gasteiger partial charge on any atom is -0.383 e. The van der Waals surface area contributed by atoms with Gasteiger partial charge in [0, 0.05) is 39.3 Å². The maximum absolute atomic E-state index is 5.15. The van der Waals surface area contributed by atoms with Crippen LogP contribution in [-0.4, -0.2) is 50.8 Å². The van der Waals surface area contributed by atoms with Crippen molar-refractivity contribution in [3.8, 4) is 0 Å². The van der Waals surface area contributed by atoms with Crippen molar-refractivity contribution >= 4 is 29.9 Å². The Bertz CT molecular complexity index is 494. The van der Waals surface area contributed by atoms with Crippen LogP contribution in [0.2, 0.25) is 0 Å². The van der Waals surface area contributed by atoms with Crippen LogP contribution in [0.15, 0.2) is 29.3 Å². The van der Waals surface area contributed by atoms with E-state index in [1.54, 1.807) is 14.2 Å². The average Bonchev–Trinajstić information content (AvgIpc) is 2.52. The second-order valence-corrected chi connectivity index (χ2v) is 6.20. The molecule has 1 rings (SSSR count). The number of ether oxygens (including phenoxy) is 1. The fourth-order valence-corrected chi connectivity index (χ4v) is 2.23. The molecule has 0 aromatic heterocycles. The van der Waals surface area contributed by atoms with Gasteiger partial charge in [0.25, 0.3) is 0 Å². The number of guanidine groups is 1. The molecule has 0 aliphatic carbocycles. The summed E-state index contributed by atoms with van der Waals surface area (Å²) >= 11 is 0. The quantitative estimate of drug-likeness (QED) is 0.365. The van der Waals surface area contributed by atoms with Crippen LogP contribution >= 0.6 is 24.0 Å². The van der Waals surface area contributed by atoms with Gasteiger partial charge in [-0.1, -0.05) is 24.3 Å². The molecule has 0 saturated carbocycles. The molecule has 0 aliphatic rings. The summed E-state index contributed by atoms with van der Waals surface area (Å²) in [6.45, 7) is 8.84. The normalized spacial score (nSPS) is 12.9. The van der Waals surface area contributed by atoms with Crippen molar-refractivity contribution in [2.75, 3.05) is 27.8 Å². The zero-order valence-corrected chi connectivity index (χ0v) is 18.1. The molecule has 0 heterocycles. The first kappa shape index (κ1) is 23.1. The van der Waals surface area contributed by atoms with Crippen LogP contribution in [0.25, 0.3) is 0 Å². The van der Waals surface area contributed by atoms with Crippen molar-refractivity contribution in [3.63, 3.8) is 0 Å². The maximum Gasteiger partial charge on any atom is 0.191 e. The summed E-state index contributed by atoms with van der Waals surface area (Å²) in [5.41, 5.74) is 2.64. The Balaban J connectivity index is 0.00000529. The molecule has 6 heteroatoms. The van der Waals surface area contributed by atoms with Gasteiger partial charge in [0.15, 0.2) is 5.96 Å². The predicted octanol–water partition coefficient (Wildman–Crippen LogP) is 2.84. The standard InChI is InChI=1S/C18H32N4O.HI/c1-14(2)22(5)12-17-10-8-7-9-16(17)11-20-18(19-4)21-15(3)13-23-6;/h7-10,14-15H,11-13H2,1-6H3,(H2,19,20,21);1H. The third-order valence-corrected chi connectivity index (χ3v) is 3.89. The number of nitrogens with zero attached hydrogens (tertiary/aromatic N) is 2. The highest BCUT2D eigenvalue weighted by atomic mass is 127. The third kappa shape index (κ3) is 8.30. The highest BCUT2D eigenvalue weighted by Crippen LogP contribution is 2.12. The third-order valence-electron chi connectivity index (χ3n) is 3.89. The van der Waals surface area contributed by atoms with E-state index in [-0.39, 0.29) is 30.0 Å². The first-order valence-corrected chi connectivity index (χ1v) is 8.21. The van der Waals surface area contributed by atoms with Crippen LogP contribution in [0, 0.1) is 0 Å². The minimum absolute atomic E-state index is 0. The van der Waals surface area contributed by atoms with Gasteiger partial charge in [-0.2, -0.15) is 0 Å². The Labute approximate surface area is 164 Å². The number of methoxy groups -OCH3 is 1. The summed E-state index contributed by atoms with van der Waals surface area (Å²) in [5.74, 6) is 0.793. The number of benzene rings is 1. The summed E-state index contributed by atoms with van der Waals surface area (Å²) in [6, 6.07) is 9.29. The zero-order chi connectivity index (χ0) is 17.2. The molecular formula is C18H33IN4O. The Morgan fingerprint density at radius 3 is 2.38 bits per heavy atom. The fourth-order valence-electron chi connectivity index (χ4n) is 2.23. The molecule has 0 radical (unpaired) electrons. The molecule has 24 heavy (non-hydrogen) atoms. The van der Waals surface area contributed by atoms with Gasteiger partial charge in [0.2, 0.25) is 0 Å². The van der Waals surface area contributed by atoms with E-state index < -0.39 is 0 Å². The molecule has 138 valence electrons. The Morgan fingerprint density at radius 1 is 1.21 bits per heavy atom. The van der Waals surface area contributed by atoms with Crippen LogP contribution < -0.4 is 10.6 Å². The van der Waals surface area contributed by atoms with Gasteiger partial charge in [0.1, 0.15) is 0 Å². The Hall–Kier alpha value is -0.860. The van der Waals surface area contributed by atoms with Crippen molar-refractivity contribution in [1.29, 1.82) is 0 Å². The highest BCUT2D eigenvalue weighted by Gasteiger charge is 2.09. The molecule has 0 aliphatic heterocycles. The van der Waals surface area contributed by atoms with Crippen LogP contribution in [0.4, 0.5) is 0 Å². The summed E-state index contributed by atoms with van der Waals surface area (Å²) in [5, 5.41) is 6.70. The number of halogens is 1. The molecule has 1 aromatic carbocycles. The SMILES string of the molecule is CN=C(NCc1ccccc1CN(C)C(C)C)NC(C)COC.I. The summed E-state index contributed by atoms with van der Waals surface area (Å²) in [4.78, 5) is 6.61. The van der Waals surface area contributed by atoms with E-state index in [9.17, 15) is 0 Å². The lowest BCUT2D eigenvalue weighted by Gasteiger charge is -2.23. The van der Waals surface area contributed by atoms with E-state index in [0.717, 1.165) is 19.0 Å². The Morgan fingerprint density at radius 2 is 1.83 bits per heavy atom. The van der Waals surface area contributed by atoms with Gasteiger partial charge < -0.3 is 15.4 Å². The zero-order valence-electron chi connectivity index (χ0n) is 15.8. The molecule has 1 unspecified atom stereocenters. The van der Waals surface area contributed by atoms with E-state index in [1.807, 2.05) is 0 Å². The number of hydrogen-bond acceptors (Lipinski definition) is 3. The Kier molecular flexibility index (Phi) is 12.0. The number of aliphatic imine (C=N–C) groups is 1. The van der Waals surface area contributed by atoms with E-state index in [4.69, 9.17) is 4.74 Å². The van der Waals surface area contributed by atoms with Crippen molar-refractivity contribution in [2.45, 2.75) is 45.9 Å². The largest absolute Gasteiger partial charge is 0.383 e. The highest BCUT2D eigenvalue weighted by molar-refractivity contribution is 14.0. The summed E-state index contributed by atoms with van der Waals surface area (Å²) < 4.78 is 5.15. The average molecular weight is 448 g/mol. The molecule has 1 aromatic rings. The molecule has 0 spiro atoms.